The Balaban J connectivity index is 1.94. The first kappa shape index (κ1) is 40.0. The monoisotopic (exact) mass is 756 g/mol. The van der Waals surface area contributed by atoms with Gasteiger partial charge in [-0.25, -0.2) is 17.3 Å². The molecule has 0 radical (unpaired) electrons. The third-order valence-corrected chi connectivity index (χ3v) is 8.16. The summed E-state index contributed by atoms with van der Waals surface area (Å²) in [7, 11) is -15.9. The summed E-state index contributed by atoms with van der Waals surface area (Å²) in [6.45, 7) is -2.38. The molecule has 0 aromatic rings. The van der Waals surface area contributed by atoms with Gasteiger partial charge in [0.2, 0.25) is 0 Å². The van der Waals surface area contributed by atoms with Crippen LogP contribution >= 0.6 is 0 Å². The predicted molar refractivity (Wildman–Crippen MR) is 137 cm³/mol. The van der Waals surface area contributed by atoms with Crippen LogP contribution in [0.4, 0.5) is 0 Å². The van der Waals surface area contributed by atoms with E-state index in [0.29, 0.717) is 0 Å². The number of carboxylic acids is 1. The second kappa shape index (κ2) is 15.2. The van der Waals surface area contributed by atoms with Crippen molar-refractivity contribution < 1.29 is 111 Å². The minimum atomic E-state index is -5.60. The van der Waals surface area contributed by atoms with Crippen LogP contribution in [0.25, 0.3) is 0 Å². The van der Waals surface area contributed by atoms with Crippen molar-refractivity contribution in [2.24, 2.45) is 11.5 Å². The smallest absolute Gasteiger partial charge is 0.397 e. The Labute approximate surface area is 264 Å². The first-order valence-electron chi connectivity index (χ1n) is 12.7. The molecule has 0 saturated carbocycles. The minimum Gasteiger partial charge on any atom is -0.479 e. The Morgan fingerprint density at radius 1 is 0.617 bits per heavy atom. The summed E-state index contributed by atoms with van der Waals surface area (Å²) in [6, 6.07) is -3.55. The van der Waals surface area contributed by atoms with E-state index in [2.05, 4.69) is 12.5 Å². The Kier molecular flexibility index (Phi) is 13.0. The van der Waals surface area contributed by atoms with Crippen LogP contribution in [0.15, 0.2) is 0 Å². The van der Waals surface area contributed by atoms with Crippen molar-refractivity contribution in [3.63, 3.8) is 0 Å². The van der Waals surface area contributed by atoms with Crippen molar-refractivity contribution in [2.75, 3.05) is 13.2 Å². The zero-order valence-electron chi connectivity index (χ0n) is 23.1. The van der Waals surface area contributed by atoms with E-state index in [0.717, 1.165) is 0 Å². The molecule has 0 aromatic carbocycles. The lowest BCUT2D eigenvalue weighted by Gasteiger charge is -2.48. The third kappa shape index (κ3) is 10.5. The van der Waals surface area contributed by atoms with Gasteiger partial charge in [-0.1, -0.05) is 0 Å². The first-order chi connectivity index (χ1) is 21.4. The molecule has 0 bridgehead atoms. The van der Waals surface area contributed by atoms with Crippen molar-refractivity contribution in [1.29, 1.82) is 0 Å². The molecule has 276 valence electrons. The summed E-state index contributed by atoms with van der Waals surface area (Å²) in [4.78, 5) is 12.2. The van der Waals surface area contributed by atoms with Gasteiger partial charge in [0.05, 0.1) is 25.3 Å². The summed E-state index contributed by atoms with van der Waals surface area (Å²) >= 11 is 0. The van der Waals surface area contributed by atoms with Crippen LogP contribution in [0.3, 0.4) is 0 Å². The molecular formula is C18H32N2O24S3. The lowest BCUT2D eigenvalue weighted by atomic mass is 9.95. The van der Waals surface area contributed by atoms with Crippen LogP contribution in [0.1, 0.15) is 0 Å². The molecule has 26 nitrogen and oxygen atoms in total. The van der Waals surface area contributed by atoms with E-state index in [1.807, 2.05) is 0 Å². The third-order valence-electron chi connectivity index (χ3n) is 6.83. The Hall–Kier alpha value is -1.40. The molecule has 47 heavy (non-hydrogen) atoms. The Morgan fingerprint density at radius 2 is 1.15 bits per heavy atom. The standard InChI is InChI=1S/C18H32N2O24S3/c19-5-9(23)11(4(39-16(5)27)2-38-46(31,32)33)41-18-13(44-47(34,35)36)10(24)12(14(43-18)15(25)26)42-17-6(20)8(22)7(21)3(40-17)1-37-45(28,29)30/h3-14,16-18,21-24,27H,1-2,19-20H2,(H,25,26)(H,28,29,30)(H,31,32,33)(H,34,35,36)/t3-,4-,5-,6-,7-,8-,9-,10+,11-,12+,13-,14-,16+,17-,18-/m1/s1. The topological polar surface area (TPSA) is 427 Å². The fraction of sp³-hybridized carbons (Fsp3) is 0.944. The van der Waals surface area contributed by atoms with Gasteiger partial charge >= 0.3 is 37.2 Å². The Morgan fingerprint density at radius 3 is 1.66 bits per heavy atom. The van der Waals surface area contributed by atoms with Crippen LogP contribution in [0.5, 0.6) is 0 Å². The van der Waals surface area contributed by atoms with E-state index in [-0.39, 0.29) is 0 Å². The SMILES string of the molecule is N[C@@H]1[C@@H](O)[C@H](O[C@@H]2O[C@@H](C(=O)O)[C@@H](O[C@H]3O[C@H](COS(=O)(=O)O)[C@@H](O)[C@H](O)[C@H]3N)[C@H](O)[C@H]2OS(=O)(=O)O)[C@@H](COS(=O)(=O)O)O[C@@H]1O. The predicted octanol–water partition coefficient (Wildman–Crippen LogP) is -8.07. The molecule has 15 atom stereocenters. The average molecular weight is 757 g/mol. The number of aliphatic carboxylic acids is 1. The van der Waals surface area contributed by atoms with Gasteiger partial charge in [-0.2, -0.15) is 25.3 Å². The number of aliphatic hydroxyl groups is 5. The number of aliphatic hydroxyl groups excluding tert-OH is 5. The van der Waals surface area contributed by atoms with Crippen LogP contribution in [-0.2, 0) is 72.2 Å². The number of rotatable bonds is 13. The molecule has 3 rings (SSSR count). The lowest BCUT2D eigenvalue weighted by Crippen LogP contribution is -2.69. The second-order valence-corrected chi connectivity index (χ2v) is 13.3. The van der Waals surface area contributed by atoms with Crippen molar-refractivity contribution in [2.45, 2.75) is 92.0 Å². The van der Waals surface area contributed by atoms with E-state index in [4.69, 9.17) is 44.3 Å². The zero-order valence-corrected chi connectivity index (χ0v) is 25.6. The molecule has 29 heteroatoms. The molecule has 3 fully saturated rings. The number of carboxylic acid groups (broad SMARTS) is 1. The van der Waals surface area contributed by atoms with Crippen LogP contribution in [0, 0.1) is 0 Å². The average Bonchev–Trinajstić information content (AvgIpc) is 2.93. The van der Waals surface area contributed by atoms with Crippen LogP contribution in [0.2, 0.25) is 0 Å². The highest BCUT2D eigenvalue weighted by Gasteiger charge is 2.56. The van der Waals surface area contributed by atoms with Gasteiger partial charge in [0.25, 0.3) is 0 Å². The van der Waals surface area contributed by atoms with Crippen LogP contribution < -0.4 is 11.5 Å². The van der Waals surface area contributed by atoms with E-state index >= 15 is 0 Å². The van der Waals surface area contributed by atoms with Gasteiger partial charge in [-0.15, -0.1) is 0 Å². The highest BCUT2D eigenvalue weighted by Crippen LogP contribution is 2.34. The first-order valence-corrected chi connectivity index (χ1v) is 16.8. The summed E-state index contributed by atoms with van der Waals surface area (Å²) in [5.41, 5.74) is 11.4. The second-order valence-electron chi connectivity index (χ2n) is 10.1. The number of hydrogen-bond acceptors (Lipinski definition) is 22. The molecule has 3 aliphatic heterocycles. The lowest BCUT2D eigenvalue weighted by molar-refractivity contribution is -0.356. The fourth-order valence-corrected chi connectivity index (χ4v) is 5.71. The number of hydrogen-bond donors (Lipinski definition) is 11. The zero-order chi connectivity index (χ0) is 35.8. The molecule has 0 aromatic heterocycles. The van der Waals surface area contributed by atoms with Gasteiger partial charge in [-0.3, -0.25) is 13.7 Å². The van der Waals surface area contributed by atoms with Gasteiger partial charge in [0.15, 0.2) is 31.1 Å². The normalized spacial score (nSPS) is 42.2. The van der Waals surface area contributed by atoms with Crippen molar-refractivity contribution >= 4 is 37.2 Å². The minimum absolute atomic E-state index is 1.16. The highest BCUT2D eigenvalue weighted by molar-refractivity contribution is 7.81. The fourth-order valence-electron chi connectivity index (χ4n) is 4.61. The van der Waals surface area contributed by atoms with E-state index in [9.17, 15) is 65.2 Å². The van der Waals surface area contributed by atoms with E-state index < -0.39 is 142 Å². The molecule has 0 unspecified atom stereocenters. The number of carbonyl (C=O) groups is 1. The maximum absolute atomic E-state index is 12.2. The number of ether oxygens (including phenoxy) is 5. The van der Waals surface area contributed by atoms with E-state index in [1.54, 1.807) is 0 Å². The van der Waals surface area contributed by atoms with Crippen molar-refractivity contribution in [1.82, 2.24) is 0 Å². The van der Waals surface area contributed by atoms with Gasteiger partial charge in [-0.05, 0) is 0 Å². The molecule has 0 amide bonds. The quantitative estimate of drug-likeness (QED) is 0.0777. The summed E-state index contributed by atoms with van der Waals surface area (Å²) < 4.78 is 133. The molecule has 0 aliphatic carbocycles. The molecule has 3 saturated heterocycles. The van der Waals surface area contributed by atoms with Crippen molar-refractivity contribution in [3.05, 3.63) is 0 Å². The molecule has 13 N–H and O–H groups in total. The van der Waals surface area contributed by atoms with Gasteiger partial charge < -0.3 is 65.8 Å². The maximum atomic E-state index is 12.2. The molecular weight excluding hydrogens is 724 g/mol. The molecule has 3 aliphatic rings. The summed E-state index contributed by atoms with van der Waals surface area (Å²) in [5, 5.41) is 61.9. The van der Waals surface area contributed by atoms with Crippen molar-refractivity contribution in [3.8, 4) is 0 Å². The molecule has 3 heterocycles. The van der Waals surface area contributed by atoms with E-state index in [1.165, 1.54) is 0 Å². The summed E-state index contributed by atoms with van der Waals surface area (Å²) in [5.74, 6) is -2.00. The largest absolute Gasteiger partial charge is 0.479 e. The molecule has 0 spiro atoms. The summed E-state index contributed by atoms with van der Waals surface area (Å²) in [6.07, 6.45) is -28.5. The van der Waals surface area contributed by atoms with Gasteiger partial charge in [0, 0.05) is 0 Å². The Bertz CT molecular complexity index is 1410. The van der Waals surface area contributed by atoms with Crippen LogP contribution in [-0.4, -0.2) is 181 Å². The maximum Gasteiger partial charge on any atom is 0.397 e. The highest BCUT2D eigenvalue weighted by atomic mass is 32.3. The number of nitrogens with two attached hydrogens (primary N) is 2. The van der Waals surface area contributed by atoms with Gasteiger partial charge in [0.1, 0.15) is 48.8 Å².